The lowest BCUT2D eigenvalue weighted by Gasteiger charge is -2.39. The summed E-state index contributed by atoms with van der Waals surface area (Å²) < 4.78 is 31.3. The number of dihydropyridines is 1. The number of unbranched alkanes of at least 4 members (excludes halogenated alkanes) is 3. The van der Waals surface area contributed by atoms with E-state index in [9.17, 15) is 19.5 Å². The van der Waals surface area contributed by atoms with Crippen molar-refractivity contribution >= 4 is 19.3 Å². The van der Waals surface area contributed by atoms with Crippen LogP contribution in [-0.2, 0) is 23.1 Å². The van der Waals surface area contributed by atoms with Crippen molar-refractivity contribution in [2.45, 2.75) is 66.2 Å². The quantitative estimate of drug-likeness (QED) is 0.139. The van der Waals surface area contributed by atoms with Gasteiger partial charge in [0.25, 0.3) is 5.69 Å². The molecular weight excluding hydrogens is 471 g/mol. The van der Waals surface area contributed by atoms with Gasteiger partial charge in [0.15, 0.2) is 0 Å². The number of esters is 1. The van der Waals surface area contributed by atoms with Crippen LogP contribution < -0.4 is 5.32 Å². The van der Waals surface area contributed by atoms with Crippen LogP contribution in [0.3, 0.4) is 0 Å². The Labute approximate surface area is 206 Å². The molecule has 0 radical (unpaired) electrons. The lowest BCUT2D eigenvalue weighted by Crippen LogP contribution is -2.34. The molecule has 9 nitrogen and oxygen atoms in total. The van der Waals surface area contributed by atoms with E-state index in [1.807, 2.05) is 13.8 Å². The Bertz CT molecular complexity index is 1080. The highest BCUT2D eigenvalue weighted by Crippen LogP contribution is 2.66. The van der Waals surface area contributed by atoms with Gasteiger partial charge in [-0.1, -0.05) is 52.2 Å². The van der Waals surface area contributed by atoms with Crippen molar-refractivity contribution in [3.05, 3.63) is 62.2 Å². The second-order valence-corrected chi connectivity index (χ2v) is 11.9. The maximum absolute atomic E-state index is 14.0. The lowest BCUT2D eigenvalue weighted by atomic mass is 9.86. The van der Waals surface area contributed by atoms with Gasteiger partial charge in [0.1, 0.15) is 0 Å². The van der Waals surface area contributed by atoms with E-state index in [0.717, 1.165) is 25.7 Å². The lowest BCUT2D eigenvalue weighted by molar-refractivity contribution is -0.384. The van der Waals surface area contributed by atoms with E-state index in [1.165, 1.54) is 12.1 Å². The first-order valence-electron chi connectivity index (χ1n) is 12.0. The van der Waals surface area contributed by atoms with Crippen LogP contribution in [0.15, 0.2) is 46.5 Å². The second kappa shape index (κ2) is 11.1. The summed E-state index contributed by atoms with van der Waals surface area (Å²) in [7, 11) is -3.82. The standard InChI is InChI=1S/C25H35N2O7P/c1-6-7-8-9-13-32-24(28)21-17(2)26-18(3)23(35(31)33-15-25(4,5)16-34-35)22(21)19-11-10-12-20(14-19)27(29)30/h10-12,14,22,26H,6-9,13,15-16H2,1-5H3. The molecule has 0 aromatic heterocycles. The Kier molecular flexibility index (Phi) is 8.57. The number of hydrogen-bond acceptors (Lipinski definition) is 8. The van der Waals surface area contributed by atoms with E-state index in [2.05, 4.69) is 12.2 Å². The molecule has 1 fully saturated rings. The number of allylic oxidation sites excluding steroid dienone is 3. The molecule has 1 saturated heterocycles. The maximum Gasteiger partial charge on any atom is 0.360 e. The summed E-state index contributed by atoms with van der Waals surface area (Å²) in [4.78, 5) is 24.3. The predicted molar refractivity (Wildman–Crippen MR) is 133 cm³/mol. The Morgan fingerprint density at radius 1 is 1.20 bits per heavy atom. The molecule has 1 aromatic rings. The SMILES string of the molecule is CCCCCCOC(=O)C1=C(C)NC(C)=C(P2(=O)OCC(C)(C)CO2)C1c1cccc([N+](=O)[O-])c1. The third kappa shape index (κ3) is 6.21. The van der Waals surface area contributed by atoms with Crippen molar-refractivity contribution in [3.8, 4) is 0 Å². The van der Waals surface area contributed by atoms with Crippen molar-refractivity contribution < 1.29 is 28.1 Å². The van der Waals surface area contributed by atoms with Gasteiger partial charge in [-0.2, -0.15) is 0 Å². The minimum absolute atomic E-state index is 0.132. The van der Waals surface area contributed by atoms with Crippen LogP contribution in [0.25, 0.3) is 0 Å². The van der Waals surface area contributed by atoms with E-state index in [-0.39, 0.29) is 41.8 Å². The molecule has 0 saturated carbocycles. The highest BCUT2D eigenvalue weighted by Gasteiger charge is 2.48. The van der Waals surface area contributed by atoms with Gasteiger partial charge < -0.3 is 19.1 Å². The molecule has 0 bridgehead atoms. The predicted octanol–water partition coefficient (Wildman–Crippen LogP) is 6.18. The van der Waals surface area contributed by atoms with Crippen molar-refractivity contribution in [2.75, 3.05) is 19.8 Å². The first kappa shape index (κ1) is 27.1. The van der Waals surface area contributed by atoms with E-state index in [1.54, 1.807) is 26.0 Å². The van der Waals surface area contributed by atoms with E-state index >= 15 is 0 Å². The average molecular weight is 507 g/mol. The summed E-state index contributed by atoms with van der Waals surface area (Å²) in [5.74, 6) is -1.44. The highest BCUT2D eigenvalue weighted by atomic mass is 31.2. The van der Waals surface area contributed by atoms with Crippen molar-refractivity contribution in [1.29, 1.82) is 0 Å². The smallest absolute Gasteiger partial charge is 0.360 e. The van der Waals surface area contributed by atoms with Crippen LogP contribution in [0.5, 0.6) is 0 Å². The van der Waals surface area contributed by atoms with Gasteiger partial charge in [-0.25, -0.2) is 4.79 Å². The normalized spacial score (nSPS) is 21.5. The molecule has 0 amide bonds. The third-order valence-electron chi connectivity index (χ3n) is 6.14. The maximum atomic E-state index is 14.0. The van der Waals surface area contributed by atoms with Crippen molar-refractivity contribution in [3.63, 3.8) is 0 Å². The number of nitro benzene ring substituents is 1. The molecule has 1 unspecified atom stereocenters. The largest absolute Gasteiger partial charge is 0.462 e. The number of carbonyl (C=O) groups excluding carboxylic acids is 1. The summed E-state index contributed by atoms with van der Waals surface area (Å²) in [6.07, 6.45) is 3.81. The highest BCUT2D eigenvalue weighted by molar-refractivity contribution is 7.58. The number of hydrogen-bond donors (Lipinski definition) is 1. The molecule has 1 aromatic carbocycles. The summed E-state index contributed by atoms with van der Waals surface area (Å²) in [6.45, 7) is 10.1. The number of nitro groups is 1. The number of ether oxygens (including phenoxy) is 1. The summed E-state index contributed by atoms with van der Waals surface area (Å²) in [6, 6.07) is 6.00. The van der Waals surface area contributed by atoms with Gasteiger partial charge in [0.05, 0.1) is 41.5 Å². The Balaban J connectivity index is 2.05. The van der Waals surface area contributed by atoms with Crippen molar-refractivity contribution in [1.82, 2.24) is 5.32 Å². The Hall–Kier alpha value is -2.48. The molecular formula is C25H35N2O7P. The van der Waals surface area contributed by atoms with Crippen LogP contribution in [0, 0.1) is 15.5 Å². The van der Waals surface area contributed by atoms with Crippen LogP contribution in [-0.4, -0.2) is 30.7 Å². The van der Waals surface area contributed by atoms with Gasteiger partial charge in [-0.15, -0.1) is 0 Å². The molecule has 10 heteroatoms. The van der Waals surface area contributed by atoms with Crippen LogP contribution in [0.2, 0.25) is 0 Å². The summed E-state index contributed by atoms with van der Waals surface area (Å²) in [5, 5.41) is 14.9. The minimum Gasteiger partial charge on any atom is -0.462 e. The molecule has 0 spiro atoms. The van der Waals surface area contributed by atoms with Gasteiger partial charge in [0, 0.05) is 28.9 Å². The monoisotopic (exact) mass is 506 g/mol. The molecule has 0 aliphatic carbocycles. The van der Waals surface area contributed by atoms with E-state index < -0.39 is 24.4 Å². The number of benzene rings is 1. The number of non-ortho nitro benzene ring substituents is 1. The number of carbonyl (C=O) groups is 1. The molecule has 192 valence electrons. The van der Waals surface area contributed by atoms with Crippen molar-refractivity contribution in [2.24, 2.45) is 5.41 Å². The zero-order chi connectivity index (χ0) is 25.8. The molecule has 1 atom stereocenters. The van der Waals surface area contributed by atoms with Gasteiger partial charge >= 0.3 is 13.6 Å². The minimum atomic E-state index is -3.82. The second-order valence-electron chi connectivity index (χ2n) is 9.86. The van der Waals surface area contributed by atoms with Gasteiger partial charge in [0.2, 0.25) is 0 Å². The fourth-order valence-electron chi connectivity index (χ4n) is 4.27. The zero-order valence-corrected chi connectivity index (χ0v) is 22.0. The third-order valence-corrected chi connectivity index (χ3v) is 8.26. The first-order chi connectivity index (χ1) is 16.5. The summed E-state index contributed by atoms with van der Waals surface area (Å²) in [5.41, 5.74) is 1.30. The molecule has 2 aliphatic heterocycles. The number of nitrogens with zero attached hydrogens (tertiary/aromatic N) is 1. The molecule has 1 N–H and O–H groups in total. The molecule has 2 heterocycles. The first-order valence-corrected chi connectivity index (χ1v) is 13.5. The van der Waals surface area contributed by atoms with Crippen LogP contribution in [0.4, 0.5) is 5.69 Å². The van der Waals surface area contributed by atoms with Gasteiger partial charge in [-0.3, -0.25) is 14.7 Å². The molecule has 2 aliphatic rings. The summed E-state index contributed by atoms with van der Waals surface area (Å²) >= 11 is 0. The van der Waals surface area contributed by atoms with Gasteiger partial charge in [-0.05, 0) is 25.8 Å². The Morgan fingerprint density at radius 3 is 2.51 bits per heavy atom. The van der Waals surface area contributed by atoms with Crippen LogP contribution >= 0.6 is 7.60 Å². The van der Waals surface area contributed by atoms with E-state index in [0.29, 0.717) is 17.0 Å². The average Bonchev–Trinajstić information content (AvgIpc) is 2.80. The van der Waals surface area contributed by atoms with Crippen LogP contribution in [0.1, 0.15) is 71.8 Å². The number of rotatable bonds is 9. The fraction of sp³-hybridized carbons (Fsp3) is 0.560. The molecule has 3 rings (SSSR count). The molecule has 35 heavy (non-hydrogen) atoms. The van der Waals surface area contributed by atoms with E-state index in [4.69, 9.17) is 13.8 Å². The fourth-order valence-corrected chi connectivity index (χ4v) is 6.72. The zero-order valence-electron chi connectivity index (χ0n) is 21.1. The topological polar surface area (TPSA) is 117 Å². The Morgan fingerprint density at radius 2 is 1.89 bits per heavy atom. The number of nitrogens with one attached hydrogen (secondary N) is 1.